The van der Waals surface area contributed by atoms with Crippen molar-refractivity contribution < 1.29 is 0 Å². The Hall–Kier alpha value is -7.10. The predicted molar refractivity (Wildman–Crippen MR) is 236 cm³/mol. The largest absolute Gasteiger partial charge is 0.329 e. The highest BCUT2D eigenvalue weighted by atomic mass is 15.2. The fourth-order valence-corrected chi connectivity index (χ4v) is 9.45. The summed E-state index contributed by atoms with van der Waals surface area (Å²) in [5.74, 6) is 0.191. The summed E-state index contributed by atoms with van der Waals surface area (Å²) in [5, 5.41) is 7.42. The monoisotopic (exact) mass is 715 g/mol. The van der Waals surface area contributed by atoms with E-state index >= 15 is 0 Å². The minimum absolute atomic E-state index is 0.191. The van der Waals surface area contributed by atoms with Crippen LogP contribution >= 0.6 is 0 Å². The molecule has 56 heavy (non-hydrogen) atoms. The van der Waals surface area contributed by atoms with E-state index in [4.69, 9.17) is 4.98 Å². The first kappa shape index (κ1) is 32.3. The molecule has 2 aliphatic heterocycles. The second kappa shape index (κ2) is 12.8. The molecule has 2 atom stereocenters. The van der Waals surface area contributed by atoms with Crippen molar-refractivity contribution >= 4 is 49.9 Å². The molecule has 2 aliphatic rings. The van der Waals surface area contributed by atoms with E-state index in [2.05, 4.69) is 199 Å². The number of fused-ring (bicyclic) bond motifs is 6. The number of hydrogen-bond donors (Lipinski definition) is 0. The molecule has 0 amide bonds. The van der Waals surface area contributed by atoms with E-state index in [1.165, 1.54) is 77.1 Å². The van der Waals surface area contributed by atoms with Crippen molar-refractivity contribution in [3.05, 3.63) is 200 Å². The lowest BCUT2D eigenvalue weighted by atomic mass is 9.82. The van der Waals surface area contributed by atoms with Crippen LogP contribution < -0.4 is 4.90 Å². The van der Waals surface area contributed by atoms with Crippen molar-refractivity contribution in [1.29, 1.82) is 0 Å². The highest BCUT2D eigenvalue weighted by Crippen LogP contribution is 2.53. The molecule has 0 fully saturated rings. The SMILES string of the molecule is CC12C=NC=CC1c1cc(-c3cccc(-c4cncc(-c5c6ccccc6c(-c6cccc7ccccc67)c6ccccc56)c4)c3)ccc1N2c1ccccc1. The fraction of sp³-hybridized carbons (Fsp3) is 0.0566. The molecule has 0 saturated heterocycles. The first-order valence-corrected chi connectivity index (χ1v) is 19.3. The van der Waals surface area contributed by atoms with E-state index < -0.39 is 0 Å². The third-order valence-corrected chi connectivity index (χ3v) is 12.0. The minimum Gasteiger partial charge on any atom is -0.329 e. The zero-order valence-corrected chi connectivity index (χ0v) is 31.0. The van der Waals surface area contributed by atoms with Crippen molar-refractivity contribution in [2.75, 3.05) is 4.90 Å². The Morgan fingerprint density at radius 3 is 1.86 bits per heavy atom. The molecule has 0 saturated carbocycles. The van der Waals surface area contributed by atoms with E-state index in [0.717, 1.165) is 16.7 Å². The Morgan fingerprint density at radius 2 is 1.09 bits per heavy atom. The minimum atomic E-state index is -0.285. The molecular weight excluding hydrogens is 679 g/mol. The molecule has 2 unspecified atom stereocenters. The standard InChI is InChI=1S/C53H37N3/c1-53-34-54-28-27-49(53)48-31-38(25-26-50(48)56(53)41-17-3-2-4-18-41)36-15-11-16-37(29-36)39-30-40(33-55-32-39)51-44-20-7-9-22-46(44)52(47-23-10-8-21-45(47)51)43-24-12-14-35-13-5-6-19-42(35)43/h2-34,49H,1H3. The highest BCUT2D eigenvalue weighted by molar-refractivity contribution is 6.23. The van der Waals surface area contributed by atoms with E-state index in [0.29, 0.717) is 0 Å². The zero-order valence-electron chi connectivity index (χ0n) is 31.0. The average Bonchev–Trinajstić information content (AvgIpc) is 3.53. The van der Waals surface area contributed by atoms with Gasteiger partial charge in [-0.15, -0.1) is 0 Å². The molecule has 0 radical (unpaired) electrons. The number of rotatable bonds is 5. The number of aliphatic imine (C=N–C) groups is 1. The number of aromatic nitrogens is 1. The van der Waals surface area contributed by atoms with Gasteiger partial charge in [0.05, 0.1) is 5.54 Å². The number of hydrogen-bond acceptors (Lipinski definition) is 3. The molecule has 0 N–H and O–H groups in total. The van der Waals surface area contributed by atoms with Gasteiger partial charge in [-0.1, -0.05) is 140 Å². The van der Waals surface area contributed by atoms with Crippen LogP contribution in [0.25, 0.3) is 76.8 Å². The lowest BCUT2D eigenvalue weighted by molar-refractivity contribution is 0.588. The van der Waals surface area contributed by atoms with Gasteiger partial charge in [-0.05, 0) is 115 Å². The Kier molecular flexibility index (Phi) is 7.36. The van der Waals surface area contributed by atoms with Gasteiger partial charge < -0.3 is 4.90 Å². The van der Waals surface area contributed by atoms with Crippen LogP contribution in [0.1, 0.15) is 18.4 Å². The summed E-state index contributed by atoms with van der Waals surface area (Å²) in [6.07, 6.45) is 10.3. The lowest BCUT2D eigenvalue weighted by Gasteiger charge is -2.38. The Balaban J connectivity index is 1.03. The van der Waals surface area contributed by atoms with Crippen molar-refractivity contribution in [3.63, 3.8) is 0 Å². The van der Waals surface area contributed by atoms with Crippen molar-refractivity contribution in [2.24, 2.45) is 4.99 Å². The third kappa shape index (κ3) is 4.98. The van der Waals surface area contributed by atoms with Gasteiger partial charge in [-0.25, -0.2) is 0 Å². The molecule has 3 heterocycles. The first-order valence-electron chi connectivity index (χ1n) is 19.3. The maximum Gasteiger partial charge on any atom is 0.0879 e. The fourth-order valence-electron chi connectivity index (χ4n) is 9.45. The Labute approximate surface area is 326 Å². The molecule has 0 bridgehead atoms. The predicted octanol–water partition coefficient (Wildman–Crippen LogP) is 13.8. The maximum absolute atomic E-state index is 4.89. The van der Waals surface area contributed by atoms with Crippen LogP contribution in [-0.2, 0) is 0 Å². The van der Waals surface area contributed by atoms with Crippen LogP contribution in [0.4, 0.5) is 11.4 Å². The van der Waals surface area contributed by atoms with Gasteiger partial charge in [0.25, 0.3) is 0 Å². The molecule has 8 aromatic carbocycles. The number of benzene rings is 8. The summed E-state index contributed by atoms with van der Waals surface area (Å²) in [4.78, 5) is 11.9. The molecule has 1 aromatic heterocycles. The van der Waals surface area contributed by atoms with Crippen LogP contribution in [0.3, 0.4) is 0 Å². The summed E-state index contributed by atoms with van der Waals surface area (Å²) >= 11 is 0. The Bertz CT molecular complexity index is 3010. The summed E-state index contributed by atoms with van der Waals surface area (Å²) in [5.41, 5.74) is 12.9. The van der Waals surface area contributed by atoms with Gasteiger partial charge in [0.15, 0.2) is 0 Å². The van der Waals surface area contributed by atoms with Crippen LogP contribution in [0.2, 0.25) is 0 Å². The van der Waals surface area contributed by atoms with Crippen molar-refractivity contribution in [1.82, 2.24) is 4.98 Å². The van der Waals surface area contributed by atoms with Gasteiger partial charge in [0.1, 0.15) is 0 Å². The molecular formula is C53H37N3. The summed E-state index contributed by atoms with van der Waals surface area (Å²) in [6, 6.07) is 61.9. The second-order valence-electron chi connectivity index (χ2n) is 15.2. The molecule has 264 valence electrons. The molecule has 9 aromatic rings. The van der Waals surface area contributed by atoms with Crippen molar-refractivity contribution in [2.45, 2.75) is 18.4 Å². The topological polar surface area (TPSA) is 28.5 Å². The van der Waals surface area contributed by atoms with Crippen LogP contribution in [0.15, 0.2) is 200 Å². The first-order chi connectivity index (χ1) is 27.7. The number of nitrogens with zero attached hydrogens (tertiary/aromatic N) is 3. The smallest absolute Gasteiger partial charge is 0.0879 e. The average molecular weight is 716 g/mol. The van der Waals surface area contributed by atoms with E-state index in [9.17, 15) is 0 Å². The van der Waals surface area contributed by atoms with Gasteiger partial charge in [-0.3, -0.25) is 9.98 Å². The van der Waals surface area contributed by atoms with Gasteiger partial charge >= 0.3 is 0 Å². The van der Waals surface area contributed by atoms with E-state index in [1.807, 2.05) is 18.6 Å². The lowest BCUT2D eigenvalue weighted by Crippen LogP contribution is -2.45. The normalized spacial score (nSPS) is 17.1. The highest BCUT2D eigenvalue weighted by Gasteiger charge is 2.47. The van der Waals surface area contributed by atoms with Crippen LogP contribution in [0, 0.1) is 0 Å². The molecule has 3 heteroatoms. The van der Waals surface area contributed by atoms with Gasteiger partial charge in [-0.2, -0.15) is 0 Å². The summed E-state index contributed by atoms with van der Waals surface area (Å²) in [7, 11) is 0. The number of pyridine rings is 1. The van der Waals surface area contributed by atoms with E-state index in [1.54, 1.807) is 0 Å². The third-order valence-electron chi connectivity index (χ3n) is 12.0. The summed E-state index contributed by atoms with van der Waals surface area (Å²) in [6.45, 7) is 2.29. The summed E-state index contributed by atoms with van der Waals surface area (Å²) < 4.78 is 0. The second-order valence-corrected chi connectivity index (χ2v) is 15.2. The van der Waals surface area contributed by atoms with Crippen molar-refractivity contribution in [3.8, 4) is 44.5 Å². The molecule has 3 nitrogen and oxygen atoms in total. The van der Waals surface area contributed by atoms with Crippen LogP contribution in [-0.4, -0.2) is 16.7 Å². The molecule has 0 spiro atoms. The van der Waals surface area contributed by atoms with Gasteiger partial charge in [0, 0.05) is 53.2 Å². The van der Waals surface area contributed by atoms with Crippen LogP contribution in [0.5, 0.6) is 0 Å². The quantitative estimate of drug-likeness (QED) is 0.166. The van der Waals surface area contributed by atoms with E-state index in [-0.39, 0.29) is 11.5 Å². The number of anilines is 2. The number of para-hydroxylation sites is 1. The van der Waals surface area contributed by atoms with Gasteiger partial charge in [0.2, 0.25) is 0 Å². The Morgan fingerprint density at radius 1 is 0.500 bits per heavy atom. The zero-order chi connectivity index (χ0) is 37.2. The molecule has 0 aliphatic carbocycles. The maximum atomic E-state index is 4.89. The molecule has 11 rings (SSSR count).